The summed E-state index contributed by atoms with van der Waals surface area (Å²) in [5.41, 5.74) is -0.926. The molecule has 7 atom stereocenters. The Morgan fingerprint density at radius 1 is 1.31 bits per heavy atom. The fourth-order valence-electron chi connectivity index (χ4n) is 5.41. The van der Waals surface area contributed by atoms with Gasteiger partial charge in [0.05, 0.1) is 0 Å². The van der Waals surface area contributed by atoms with E-state index in [2.05, 4.69) is 20.4 Å². The number of cyclic esters (lactones) is 1. The molecule has 2 aliphatic carbocycles. The third-order valence-electron chi connectivity index (χ3n) is 6.97. The zero-order valence-corrected chi connectivity index (χ0v) is 18.1. The number of hydrogen-bond donors (Lipinski definition) is 0. The predicted octanol–water partition coefficient (Wildman–Crippen LogP) is 2.28. The lowest BCUT2D eigenvalue weighted by Gasteiger charge is -2.46. The number of carbonyl (C=O) groups excluding carboxylic acids is 3. The molecule has 3 fully saturated rings. The standard InChI is InChI=1S/C21H28O7S/c1-12-6-7-15(28-16(23)8-9-29(5)25)17-18(27-14(3)22)21(11-20(12,17)4)13(2)10-26-19(21)24/h8-9,12,15,17-18H,2,6-7,10-11H2,1,3-5H3/b9-8+. The van der Waals surface area contributed by atoms with Crippen LogP contribution in [0.25, 0.3) is 0 Å². The zero-order valence-electron chi connectivity index (χ0n) is 17.3. The van der Waals surface area contributed by atoms with Crippen molar-refractivity contribution in [2.24, 2.45) is 22.7 Å². The summed E-state index contributed by atoms with van der Waals surface area (Å²) in [7, 11) is -1.27. The number of esters is 3. The maximum absolute atomic E-state index is 12.9. The Kier molecular flexibility index (Phi) is 5.77. The van der Waals surface area contributed by atoms with Crippen molar-refractivity contribution in [1.29, 1.82) is 0 Å². The van der Waals surface area contributed by atoms with Crippen molar-refractivity contribution in [2.75, 3.05) is 12.9 Å². The molecule has 3 aliphatic rings. The topological polar surface area (TPSA) is 96.0 Å². The average molecular weight is 425 g/mol. The van der Waals surface area contributed by atoms with Gasteiger partial charge in [-0.2, -0.15) is 0 Å². The van der Waals surface area contributed by atoms with E-state index in [1.165, 1.54) is 18.6 Å². The van der Waals surface area contributed by atoms with Gasteiger partial charge in [-0.3, -0.25) is 13.8 Å². The van der Waals surface area contributed by atoms with E-state index < -0.39 is 51.7 Å². The van der Waals surface area contributed by atoms with Crippen LogP contribution in [0.2, 0.25) is 0 Å². The van der Waals surface area contributed by atoms with Gasteiger partial charge >= 0.3 is 17.9 Å². The SMILES string of the molecule is C=C1COC(=O)C12CC1(C)C(C)CCC(OC(=O)/C=C/S(C)=O)C1C2OC(C)=O. The van der Waals surface area contributed by atoms with Crippen molar-refractivity contribution in [2.45, 2.75) is 52.2 Å². The van der Waals surface area contributed by atoms with Crippen LogP contribution in [0.15, 0.2) is 23.6 Å². The minimum atomic E-state index is -1.27. The number of fused-ring (bicyclic) bond motifs is 1. The van der Waals surface area contributed by atoms with Crippen LogP contribution in [0.5, 0.6) is 0 Å². The summed E-state index contributed by atoms with van der Waals surface area (Å²) < 4.78 is 28.0. The molecule has 29 heavy (non-hydrogen) atoms. The molecular weight excluding hydrogens is 396 g/mol. The van der Waals surface area contributed by atoms with Crippen molar-refractivity contribution in [1.82, 2.24) is 0 Å². The molecule has 0 aromatic carbocycles. The molecule has 7 unspecified atom stereocenters. The molecule has 1 spiro atoms. The molecule has 1 saturated heterocycles. The van der Waals surface area contributed by atoms with E-state index in [1.807, 2.05) is 0 Å². The van der Waals surface area contributed by atoms with Crippen molar-refractivity contribution < 1.29 is 32.8 Å². The van der Waals surface area contributed by atoms with Gasteiger partial charge < -0.3 is 14.2 Å². The van der Waals surface area contributed by atoms with Gasteiger partial charge in [-0.25, -0.2) is 4.79 Å². The summed E-state index contributed by atoms with van der Waals surface area (Å²) in [4.78, 5) is 37.1. The molecule has 3 rings (SSSR count). The summed E-state index contributed by atoms with van der Waals surface area (Å²) in [6.45, 7) is 9.63. The first-order valence-electron chi connectivity index (χ1n) is 9.76. The predicted molar refractivity (Wildman–Crippen MR) is 106 cm³/mol. The van der Waals surface area contributed by atoms with Crippen LogP contribution in [0, 0.1) is 22.7 Å². The van der Waals surface area contributed by atoms with Crippen LogP contribution in [0.1, 0.15) is 40.0 Å². The van der Waals surface area contributed by atoms with Gasteiger partial charge in [-0.1, -0.05) is 20.4 Å². The molecule has 2 saturated carbocycles. The third kappa shape index (κ3) is 3.56. The first kappa shape index (κ1) is 21.7. The van der Waals surface area contributed by atoms with Crippen molar-refractivity contribution in [3.05, 3.63) is 23.6 Å². The minimum Gasteiger partial charge on any atom is -0.461 e. The highest BCUT2D eigenvalue weighted by atomic mass is 32.2. The van der Waals surface area contributed by atoms with Crippen LogP contribution in [-0.2, 0) is 39.4 Å². The monoisotopic (exact) mass is 424 g/mol. The Morgan fingerprint density at radius 2 is 2.00 bits per heavy atom. The van der Waals surface area contributed by atoms with Crippen LogP contribution in [0.3, 0.4) is 0 Å². The first-order valence-corrected chi connectivity index (χ1v) is 11.4. The highest BCUT2D eigenvalue weighted by Crippen LogP contribution is 2.66. The molecule has 0 aromatic heterocycles. The largest absolute Gasteiger partial charge is 0.461 e. The van der Waals surface area contributed by atoms with Gasteiger partial charge in [-0.15, -0.1) is 0 Å². The van der Waals surface area contributed by atoms with Gasteiger partial charge in [-0.05, 0) is 36.2 Å². The lowest BCUT2D eigenvalue weighted by atomic mass is 9.61. The second kappa shape index (κ2) is 7.70. The lowest BCUT2D eigenvalue weighted by Crippen LogP contribution is -2.50. The smallest absolute Gasteiger partial charge is 0.331 e. The Bertz CT molecular complexity index is 785. The molecule has 0 N–H and O–H groups in total. The summed E-state index contributed by atoms with van der Waals surface area (Å²) in [5.74, 6) is -1.68. The molecule has 7 nitrogen and oxygen atoms in total. The Balaban J connectivity index is 2.02. The minimum absolute atomic E-state index is 0.100. The molecule has 8 heteroatoms. The maximum atomic E-state index is 12.9. The number of ether oxygens (including phenoxy) is 3. The van der Waals surface area contributed by atoms with Crippen LogP contribution in [0.4, 0.5) is 0 Å². The Morgan fingerprint density at radius 3 is 2.55 bits per heavy atom. The molecule has 0 amide bonds. The quantitative estimate of drug-likeness (QED) is 0.296. The normalized spacial score (nSPS) is 40.0. The second-order valence-corrected chi connectivity index (χ2v) is 9.91. The molecule has 160 valence electrons. The van der Waals surface area contributed by atoms with E-state index in [9.17, 15) is 18.6 Å². The third-order valence-corrected chi connectivity index (χ3v) is 7.49. The molecule has 0 bridgehead atoms. The van der Waals surface area contributed by atoms with Crippen LogP contribution in [-0.4, -0.2) is 47.2 Å². The van der Waals surface area contributed by atoms with E-state index in [1.54, 1.807) is 0 Å². The Hall–Kier alpha value is -1.96. The Labute approximate surface area is 173 Å². The average Bonchev–Trinajstić information content (AvgIpc) is 3.06. The highest BCUT2D eigenvalue weighted by molar-refractivity contribution is 7.87. The maximum Gasteiger partial charge on any atom is 0.331 e. The fraction of sp³-hybridized carbons (Fsp3) is 0.667. The summed E-state index contributed by atoms with van der Waals surface area (Å²) in [5, 5.41) is 1.27. The van der Waals surface area contributed by atoms with Crippen molar-refractivity contribution in [3.63, 3.8) is 0 Å². The highest BCUT2D eigenvalue weighted by Gasteiger charge is 2.71. The lowest BCUT2D eigenvalue weighted by molar-refractivity contribution is -0.172. The van der Waals surface area contributed by atoms with E-state index in [-0.39, 0.29) is 18.4 Å². The second-order valence-electron chi connectivity index (χ2n) is 8.64. The van der Waals surface area contributed by atoms with Crippen molar-refractivity contribution >= 4 is 28.7 Å². The molecule has 1 aliphatic heterocycles. The van der Waals surface area contributed by atoms with E-state index in [0.717, 1.165) is 12.5 Å². The summed E-state index contributed by atoms with van der Waals surface area (Å²) >= 11 is 0. The van der Waals surface area contributed by atoms with E-state index in [0.29, 0.717) is 18.4 Å². The van der Waals surface area contributed by atoms with Gasteiger partial charge in [0.15, 0.2) is 0 Å². The van der Waals surface area contributed by atoms with Crippen LogP contribution < -0.4 is 0 Å². The molecule has 0 radical (unpaired) electrons. The van der Waals surface area contributed by atoms with Crippen LogP contribution >= 0.6 is 0 Å². The zero-order chi connectivity index (χ0) is 21.6. The number of hydrogen-bond acceptors (Lipinski definition) is 7. The molecule has 1 heterocycles. The number of rotatable bonds is 4. The summed E-state index contributed by atoms with van der Waals surface area (Å²) in [6.07, 6.45) is 3.09. The van der Waals surface area contributed by atoms with Gasteiger partial charge in [0.1, 0.15) is 24.2 Å². The van der Waals surface area contributed by atoms with E-state index in [4.69, 9.17) is 14.2 Å². The van der Waals surface area contributed by atoms with Gasteiger partial charge in [0.2, 0.25) is 0 Å². The first-order chi connectivity index (χ1) is 13.5. The van der Waals surface area contributed by atoms with E-state index >= 15 is 0 Å². The number of carbonyl (C=O) groups is 3. The molecular formula is C21H28O7S. The van der Waals surface area contributed by atoms with Gasteiger partial charge in [0.25, 0.3) is 0 Å². The van der Waals surface area contributed by atoms with Gasteiger partial charge in [0, 0.05) is 41.4 Å². The molecule has 0 aromatic rings. The fourth-order valence-corrected chi connectivity index (χ4v) is 5.71. The van der Waals surface area contributed by atoms with Crippen molar-refractivity contribution in [3.8, 4) is 0 Å². The summed E-state index contributed by atoms with van der Waals surface area (Å²) in [6, 6.07) is 0.